The summed E-state index contributed by atoms with van der Waals surface area (Å²) in [6.45, 7) is 6.94. The first-order chi connectivity index (χ1) is 11.8. The number of aromatic nitrogens is 2. The van der Waals surface area contributed by atoms with E-state index in [1.807, 2.05) is 0 Å². The molecule has 3 heterocycles. The SMILES string of the molecule is C[C@H]1CC[C@H](c2ccc3c(c2)nc2n3CCN(C3CC3)CC2)NC1. The second kappa shape index (κ2) is 5.85. The molecular weight excluding hydrogens is 296 g/mol. The van der Waals surface area contributed by atoms with Gasteiger partial charge >= 0.3 is 0 Å². The molecule has 2 fully saturated rings. The summed E-state index contributed by atoms with van der Waals surface area (Å²) in [5, 5.41) is 3.71. The van der Waals surface area contributed by atoms with Crippen molar-refractivity contribution in [2.45, 2.75) is 57.7 Å². The molecular formula is C20H28N4. The Kier molecular flexibility index (Phi) is 3.64. The van der Waals surface area contributed by atoms with Gasteiger partial charge in [-0.05, 0) is 55.8 Å². The Balaban J connectivity index is 1.41. The van der Waals surface area contributed by atoms with Crippen molar-refractivity contribution in [3.8, 4) is 0 Å². The molecule has 1 aromatic heterocycles. The van der Waals surface area contributed by atoms with Crippen LogP contribution in [0.4, 0.5) is 0 Å². The monoisotopic (exact) mass is 324 g/mol. The second-order valence-corrected chi connectivity index (χ2v) is 8.09. The minimum atomic E-state index is 0.512. The van der Waals surface area contributed by atoms with Crippen molar-refractivity contribution in [3.63, 3.8) is 0 Å². The number of hydrogen-bond donors (Lipinski definition) is 1. The van der Waals surface area contributed by atoms with Crippen molar-refractivity contribution in [2.75, 3.05) is 19.6 Å². The Morgan fingerprint density at radius 1 is 1.08 bits per heavy atom. The fraction of sp³-hybridized carbons (Fsp3) is 0.650. The largest absolute Gasteiger partial charge is 0.327 e. The Bertz CT molecular complexity index is 737. The molecule has 0 amide bonds. The summed E-state index contributed by atoms with van der Waals surface area (Å²) in [4.78, 5) is 7.68. The summed E-state index contributed by atoms with van der Waals surface area (Å²) < 4.78 is 2.47. The van der Waals surface area contributed by atoms with Gasteiger partial charge in [0, 0.05) is 38.1 Å². The Morgan fingerprint density at radius 3 is 2.79 bits per heavy atom. The molecule has 2 atom stereocenters. The predicted molar refractivity (Wildman–Crippen MR) is 97.2 cm³/mol. The van der Waals surface area contributed by atoms with Crippen molar-refractivity contribution in [2.24, 2.45) is 5.92 Å². The maximum absolute atomic E-state index is 5.01. The molecule has 2 aliphatic heterocycles. The highest BCUT2D eigenvalue weighted by atomic mass is 15.2. The van der Waals surface area contributed by atoms with Crippen LogP contribution in [0.2, 0.25) is 0 Å². The van der Waals surface area contributed by atoms with Crippen molar-refractivity contribution < 1.29 is 0 Å². The molecule has 128 valence electrons. The van der Waals surface area contributed by atoms with Crippen LogP contribution < -0.4 is 5.32 Å². The standard InChI is InChI=1S/C20H28N4/c1-14-2-6-17(21-13-14)15-3-7-19-18(12-15)22-20-8-9-23(16-4-5-16)10-11-24(19)20/h3,7,12,14,16-17,21H,2,4-6,8-11,13H2,1H3/t14-,17+/m0/s1. The van der Waals surface area contributed by atoms with E-state index in [-0.39, 0.29) is 0 Å². The number of hydrogen-bond acceptors (Lipinski definition) is 3. The van der Waals surface area contributed by atoms with Gasteiger partial charge in [-0.15, -0.1) is 0 Å². The topological polar surface area (TPSA) is 33.1 Å². The lowest BCUT2D eigenvalue weighted by Gasteiger charge is -2.28. The molecule has 1 aliphatic carbocycles. The molecule has 1 saturated carbocycles. The minimum Gasteiger partial charge on any atom is -0.327 e. The zero-order chi connectivity index (χ0) is 16.1. The van der Waals surface area contributed by atoms with Crippen LogP contribution in [0.25, 0.3) is 11.0 Å². The predicted octanol–water partition coefficient (Wildman–Crippen LogP) is 3.12. The molecule has 0 spiro atoms. The maximum atomic E-state index is 5.01. The van der Waals surface area contributed by atoms with E-state index in [0.29, 0.717) is 6.04 Å². The highest BCUT2D eigenvalue weighted by Gasteiger charge is 2.30. The van der Waals surface area contributed by atoms with E-state index in [1.165, 1.54) is 61.2 Å². The third-order valence-corrected chi connectivity index (χ3v) is 6.21. The highest BCUT2D eigenvalue weighted by molar-refractivity contribution is 5.77. The van der Waals surface area contributed by atoms with Crippen molar-refractivity contribution in [3.05, 3.63) is 29.6 Å². The van der Waals surface area contributed by atoms with Gasteiger partial charge in [-0.1, -0.05) is 13.0 Å². The van der Waals surface area contributed by atoms with Gasteiger partial charge < -0.3 is 9.88 Å². The Labute approximate surface area is 144 Å². The molecule has 4 nitrogen and oxygen atoms in total. The molecule has 3 aliphatic rings. The van der Waals surface area contributed by atoms with Crippen LogP contribution in [0, 0.1) is 5.92 Å². The van der Waals surface area contributed by atoms with E-state index in [4.69, 9.17) is 4.98 Å². The number of rotatable bonds is 2. The lowest BCUT2D eigenvalue weighted by molar-refractivity contribution is 0.270. The third-order valence-electron chi connectivity index (χ3n) is 6.21. The van der Waals surface area contributed by atoms with Gasteiger partial charge in [-0.2, -0.15) is 0 Å². The van der Waals surface area contributed by atoms with Gasteiger partial charge in [0.05, 0.1) is 11.0 Å². The summed E-state index contributed by atoms with van der Waals surface area (Å²) in [7, 11) is 0. The quantitative estimate of drug-likeness (QED) is 0.921. The van der Waals surface area contributed by atoms with Crippen molar-refractivity contribution in [1.82, 2.24) is 19.8 Å². The molecule has 4 heteroatoms. The van der Waals surface area contributed by atoms with E-state index in [9.17, 15) is 0 Å². The lowest BCUT2D eigenvalue weighted by Crippen LogP contribution is -2.31. The summed E-state index contributed by atoms with van der Waals surface area (Å²) >= 11 is 0. The van der Waals surface area contributed by atoms with Gasteiger partial charge in [0.1, 0.15) is 5.82 Å². The molecule has 1 N–H and O–H groups in total. The summed E-state index contributed by atoms with van der Waals surface area (Å²) in [5.74, 6) is 2.10. The summed E-state index contributed by atoms with van der Waals surface area (Å²) in [5.41, 5.74) is 3.95. The number of nitrogens with zero attached hydrogens (tertiary/aromatic N) is 3. The number of nitrogens with one attached hydrogen (secondary N) is 1. The first-order valence-electron chi connectivity index (χ1n) is 9.74. The van der Waals surface area contributed by atoms with Crippen LogP contribution >= 0.6 is 0 Å². The van der Waals surface area contributed by atoms with Crippen LogP contribution in [0.5, 0.6) is 0 Å². The zero-order valence-electron chi connectivity index (χ0n) is 14.7. The van der Waals surface area contributed by atoms with Crippen LogP contribution in [0.1, 0.15) is 50.0 Å². The first kappa shape index (κ1) is 14.9. The van der Waals surface area contributed by atoms with Gasteiger partial charge in [0.2, 0.25) is 0 Å². The van der Waals surface area contributed by atoms with E-state index >= 15 is 0 Å². The van der Waals surface area contributed by atoms with Crippen molar-refractivity contribution >= 4 is 11.0 Å². The van der Waals surface area contributed by atoms with Crippen LogP contribution in [0.3, 0.4) is 0 Å². The van der Waals surface area contributed by atoms with Gasteiger partial charge in [0.15, 0.2) is 0 Å². The molecule has 0 unspecified atom stereocenters. The molecule has 1 aromatic carbocycles. The third kappa shape index (κ3) is 2.66. The molecule has 0 bridgehead atoms. The molecule has 24 heavy (non-hydrogen) atoms. The van der Waals surface area contributed by atoms with E-state index in [2.05, 4.69) is 39.9 Å². The van der Waals surface area contributed by atoms with Crippen LogP contribution in [0.15, 0.2) is 18.2 Å². The van der Waals surface area contributed by atoms with Crippen LogP contribution in [-0.2, 0) is 13.0 Å². The fourth-order valence-electron chi connectivity index (χ4n) is 4.53. The van der Waals surface area contributed by atoms with Crippen molar-refractivity contribution in [1.29, 1.82) is 0 Å². The zero-order valence-corrected chi connectivity index (χ0v) is 14.7. The maximum Gasteiger partial charge on any atom is 0.111 e. The number of imidazole rings is 1. The second-order valence-electron chi connectivity index (χ2n) is 8.09. The molecule has 5 rings (SSSR count). The Hall–Kier alpha value is -1.39. The number of benzene rings is 1. The smallest absolute Gasteiger partial charge is 0.111 e. The van der Waals surface area contributed by atoms with Gasteiger partial charge in [-0.3, -0.25) is 4.90 Å². The summed E-state index contributed by atoms with van der Waals surface area (Å²) in [6, 6.07) is 8.36. The number of piperidine rings is 1. The minimum absolute atomic E-state index is 0.512. The summed E-state index contributed by atoms with van der Waals surface area (Å²) in [6.07, 6.45) is 6.47. The van der Waals surface area contributed by atoms with E-state index in [1.54, 1.807) is 0 Å². The lowest BCUT2D eigenvalue weighted by atomic mass is 9.92. The van der Waals surface area contributed by atoms with Gasteiger partial charge in [-0.25, -0.2) is 4.98 Å². The fourth-order valence-corrected chi connectivity index (χ4v) is 4.53. The number of fused-ring (bicyclic) bond motifs is 3. The normalized spacial score (nSPS) is 28.7. The van der Waals surface area contributed by atoms with E-state index in [0.717, 1.165) is 31.5 Å². The Morgan fingerprint density at radius 2 is 2.00 bits per heavy atom. The molecule has 1 saturated heterocycles. The highest BCUT2D eigenvalue weighted by Crippen LogP contribution is 2.31. The van der Waals surface area contributed by atoms with Crippen LogP contribution in [-0.4, -0.2) is 40.1 Å². The first-order valence-corrected chi connectivity index (χ1v) is 9.74. The van der Waals surface area contributed by atoms with E-state index < -0.39 is 0 Å². The molecule has 2 aromatic rings. The van der Waals surface area contributed by atoms with Gasteiger partial charge in [0.25, 0.3) is 0 Å². The molecule has 0 radical (unpaired) electrons. The average Bonchev–Trinajstić information content (AvgIpc) is 3.40. The average molecular weight is 324 g/mol.